The summed E-state index contributed by atoms with van der Waals surface area (Å²) in [5.74, 6) is 2.29. The Morgan fingerprint density at radius 3 is 2.38 bits per heavy atom. The van der Waals surface area contributed by atoms with Gasteiger partial charge in [0.1, 0.15) is 5.75 Å². The number of hydrogen-bond acceptors (Lipinski definition) is 5. The Kier molecular flexibility index (Phi) is 7.99. The molecule has 1 fully saturated rings. The molecule has 0 saturated heterocycles. The fourth-order valence-corrected chi connectivity index (χ4v) is 5.03. The molecule has 1 aliphatic rings. The minimum atomic E-state index is 0.0000101. The Morgan fingerprint density at radius 2 is 1.71 bits per heavy atom. The van der Waals surface area contributed by atoms with E-state index in [1.165, 1.54) is 12.0 Å². The quantitative estimate of drug-likeness (QED) is 0.366. The predicted molar refractivity (Wildman–Crippen MR) is 133 cm³/mol. The lowest BCUT2D eigenvalue weighted by atomic mass is 9.75. The third-order valence-electron chi connectivity index (χ3n) is 6.66. The van der Waals surface area contributed by atoms with Crippen LogP contribution in [0.2, 0.25) is 0 Å². The molecule has 2 aromatic carbocycles. The van der Waals surface area contributed by atoms with Gasteiger partial charge in [-0.25, -0.2) is 0 Å². The largest absolute Gasteiger partial charge is 0.497 e. The van der Waals surface area contributed by atoms with Crippen LogP contribution in [0.3, 0.4) is 0 Å². The second-order valence-corrected chi connectivity index (χ2v) is 9.10. The Labute approximate surface area is 202 Å². The van der Waals surface area contributed by atoms with Crippen molar-refractivity contribution in [2.75, 3.05) is 20.2 Å². The number of carbonyl (C=O) groups is 1. The van der Waals surface area contributed by atoms with Crippen LogP contribution in [0, 0.1) is 0 Å². The average Bonchev–Trinajstić information content (AvgIpc) is 3.39. The van der Waals surface area contributed by atoms with Crippen molar-refractivity contribution in [2.24, 2.45) is 0 Å². The molecule has 1 aliphatic carbocycles. The lowest BCUT2D eigenvalue weighted by Gasteiger charge is -2.29. The zero-order valence-electron chi connectivity index (χ0n) is 20.5. The molecule has 2 unspecified atom stereocenters. The van der Waals surface area contributed by atoms with Gasteiger partial charge in [-0.3, -0.25) is 4.79 Å². The van der Waals surface area contributed by atoms with Crippen molar-refractivity contribution in [3.63, 3.8) is 0 Å². The molecule has 0 bridgehead atoms. The van der Waals surface area contributed by atoms with Crippen molar-refractivity contribution >= 4 is 5.91 Å². The zero-order valence-corrected chi connectivity index (χ0v) is 20.5. The van der Waals surface area contributed by atoms with Crippen LogP contribution < -0.4 is 4.74 Å². The fraction of sp³-hybridized carbons (Fsp3) is 0.464. The summed E-state index contributed by atoms with van der Waals surface area (Å²) in [7, 11) is 1.61. The van der Waals surface area contributed by atoms with E-state index in [2.05, 4.69) is 54.4 Å². The molecular weight excluding hydrogens is 426 g/mol. The van der Waals surface area contributed by atoms with Gasteiger partial charge < -0.3 is 14.1 Å². The maximum Gasteiger partial charge on any atom is 0.254 e. The van der Waals surface area contributed by atoms with Gasteiger partial charge in [0, 0.05) is 30.1 Å². The van der Waals surface area contributed by atoms with Gasteiger partial charge in [-0.15, -0.1) is 10.2 Å². The zero-order chi connectivity index (χ0) is 23.9. The van der Waals surface area contributed by atoms with E-state index in [4.69, 9.17) is 9.15 Å². The maximum absolute atomic E-state index is 13.2. The molecule has 0 aliphatic heterocycles. The lowest BCUT2D eigenvalue weighted by Crippen LogP contribution is -2.32. The SMILES string of the molecule is CCCN(CCC)C(=O)c1cc(OC)cc(-c2nnc(C3CCCCC3c3ccccc3)o2)c1. The molecule has 6 nitrogen and oxygen atoms in total. The molecule has 4 rings (SSSR count). The molecule has 3 aromatic rings. The summed E-state index contributed by atoms with van der Waals surface area (Å²) >= 11 is 0. The summed E-state index contributed by atoms with van der Waals surface area (Å²) in [4.78, 5) is 15.1. The highest BCUT2D eigenvalue weighted by atomic mass is 16.5. The van der Waals surface area contributed by atoms with Crippen LogP contribution in [0.5, 0.6) is 5.75 Å². The third-order valence-corrected chi connectivity index (χ3v) is 6.66. The summed E-state index contributed by atoms with van der Waals surface area (Å²) in [6.07, 6.45) is 6.36. The van der Waals surface area contributed by atoms with E-state index in [1.54, 1.807) is 13.2 Å². The lowest BCUT2D eigenvalue weighted by molar-refractivity contribution is 0.0755. The molecule has 0 radical (unpaired) electrons. The van der Waals surface area contributed by atoms with E-state index in [0.717, 1.165) is 45.2 Å². The Bertz CT molecular complexity index is 1070. The van der Waals surface area contributed by atoms with E-state index in [9.17, 15) is 4.79 Å². The van der Waals surface area contributed by atoms with Gasteiger partial charge in [-0.2, -0.15) is 0 Å². The molecule has 180 valence electrons. The van der Waals surface area contributed by atoms with Crippen LogP contribution in [-0.4, -0.2) is 41.2 Å². The van der Waals surface area contributed by atoms with Crippen LogP contribution in [0.4, 0.5) is 0 Å². The molecule has 1 aromatic heterocycles. The fourth-order valence-electron chi connectivity index (χ4n) is 5.03. The smallest absolute Gasteiger partial charge is 0.254 e. The molecule has 0 N–H and O–H groups in total. The number of ether oxygens (including phenoxy) is 1. The second-order valence-electron chi connectivity index (χ2n) is 9.10. The minimum absolute atomic E-state index is 0.0000101. The van der Waals surface area contributed by atoms with Crippen molar-refractivity contribution in [1.29, 1.82) is 0 Å². The number of nitrogens with zero attached hydrogens (tertiary/aromatic N) is 3. The summed E-state index contributed by atoms with van der Waals surface area (Å²) in [5.41, 5.74) is 2.62. The topological polar surface area (TPSA) is 68.5 Å². The van der Waals surface area contributed by atoms with E-state index in [0.29, 0.717) is 34.6 Å². The van der Waals surface area contributed by atoms with Gasteiger partial charge in [0.05, 0.1) is 7.11 Å². The molecule has 1 saturated carbocycles. The second kappa shape index (κ2) is 11.3. The highest BCUT2D eigenvalue weighted by Gasteiger charge is 2.32. The summed E-state index contributed by atoms with van der Waals surface area (Å²) < 4.78 is 11.8. The van der Waals surface area contributed by atoms with Crippen molar-refractivity contribution in [3.8, 4) is 17.2 Å². The van der Waals surface area contributed by atoms with Crippen LogP contribution >= 0.6 is 0 Å². The first-order chi connectivity index (χ1) is 16.6. The van der Waals surface area contributed by atoms with Crippen molar-refractivity contribution in [1.82, 2.24) is 15.1 Å². The Balaban J connectivity index is 1.63. The normalized spacial score (nSPS) is 18.0. The standard InChI is InChI=1S/C28H35N3O3/c1-4-15-31(16-5-2)28(32)22-17-21(18-23(19-22)33-3)26-29-30-27(34-26)25-14-10-9-13-24(25)20-11-7-6-8-12-20/h6-8,11-12,17-19,24-25H,4-5,9-10,13-16H2,1-3H3. The van der Waals surface area contributed by atoms with Crippen molar-refractivity contribution in [3.05, 3.63) is 65.5 Å². The van der Waals surface area contributed by atoms with Gasteiger partial charge in [0.15, 0.2) is 0 Å². The Morgan fingerprint density at radius 1 is 1.00 bits per heavy atom. The van der Waals surface area contributed by atoms with Gasteiger partial charge in [-0.1, -0.05) is 57.0 Å². The van der Waals surface area contributed by atoms with Gasteiger partial charge in [0.25, 0.3) is 5.91 Å². The molecular formula is C28H35N3O3. The summed E-state index contributed by atoms with van der Waals surface area (Å²) in [6.45, 7) is 5.63. The number of carbonyl (C=O) groups excluding carboxylic acids is 1. The molecule has 1 amide bonds. The first-order valence-electron chi connectivity index (χ1n) is 12.5. The monoisotopic (exact) mass is 461 g/mol. The van der Waals surface area contributed by atoms with Crippen LogP contribution in [0.25, 0.3) is 11.5 Å². The molecule has 2 atom stereocenters. The summed E-state index contributed by atoms with van der Waals surface area (Å²) in [6, 6.07) is 16.1. The number of rotatable bonds is 9. The number of methoxy groups -OCH3 is 1. The first kappa shape index (κ1) is 24.0. The Hall–Kier alpha value is -3.15. The number of hydrogen-bond donors (Lipinski definition) is 0. The number of amides is 1. The van der Waals surface area contributed by atoms with Crippen molar-refractivity contribution < 1.29 is 13.9 Å². The molecule has 1 heterocycles. The summed E-state index contributed by atoms with van der Waals surface area (Å²) in [5, 5.41) is 8.85. The molecule has 6 heteroatoms. The maximum atomic E-state index is 13.2. The van der Waals surface area contributed by atoms with E-state index < -0.39 is 0 Å². The predicted octanol–water partition coefficient (Wildman–Crippen LogP) is 6.45. The highest BCUT2D eigenvalue weighted by molar-refractivity contribution is 5.95. The minimum Gasteiger partial charge on any atom is -0.497 e. The van der Waals surface area contributed by atoms with E-state index >= 15 is 0 Å². The van der Waals surface area contributed by atoms with Gasteiger partial charge in [-0.05, 0) is 55.4 Å². The number of benzene rings is 2. The van der Waals surface area contributed by atoms with E-state index in [1.807, 2.05) is 17.0 Å². The van der Waals surface area contributed by atoms with Crippen LogP contribution in [0.15, 0.2) is 52.9 Å². The third kappa shape index (κ3) is 5.32. The van der Waals surface area contributed by atoms with Crippen LogP contribution in [-0.2, 0) is 0 Å². The number of aromatic nitrogens is 2. The van der Waals surface area contributed by atoms with Crippen molar-refractivity contribution in [2.45, 2.75) is 64.2 Å². The van der Waals surface area contributed by atoms with Crippen LogP contribution in [0.1, 0.15) is 86.0 Å². The van der Waals surface area contributed by atoms with Gasteiger partial charge in [0.2, 0.25) is 11.8 Å². The highest BCUT2D eigenvalue weighted by Crippen LogP contribution is 2.44. The van der Waals surface area contributed by atoms with Gasteiger partial charge >= 0.3 is 0 Å². The molecule has 0 spiro atoms. The molecule has 34 heavy (non-hydrogen) atoms. The first-order valence-corrected chi connectivity index (χ1v) is 12.5. The average molecular weight is 462 g/mol. The van der Waals surface area contributed by atoms with E-state index in [-0.39, 0.29) is 11.8 Å².